The number of nitrogens with one attached hydrogen (secondary N) is 1. The van der Waals surface area contributed by atoms with Gasteiger partial charge < -0.3 is 15.5 Å². The molecule has 0 bridgehead atoms. The average Bonchev–Trinajstić information content (AvgIpc) is 2.36. The van der Waals surface area contributed by atoms with Crippen LogP contribution in [0.4, 0.5) is 0 Å². The van der Waals surface area contributed by atoms with E-state index in [-0.39, 0.29) is 17.0 Å². The van der Waals surface area contributed by atoms with Gasteiger partial charge in [0.2, 0.25) is 0 Å². The number of rotatable bonds is 6. The Bertz CT molecular complexity index is 351. The third-order valence-electron chi connectivity index (χ3n) is 3.78. The summed E-state index contributed by atoms with van der Waals surface area (Å²) in [6.45, 7) is 7.09. The molecule has 0 atom stereocenters. The van der Waals surface area contributed by atoms with Crippen molar-refractivity contribution < 1.29 is 10.2 Å². The van der Waals surface area contributed by atoms with Gasteiger partial charge in [0.25, 0.3) is 0 Å². The molecule has 1 rings (SSSR count). The van der Waals surface area contributed by atoms with Gasteiger partial charge in [-0.3, -0.25) is 0 Å². The predicted molar refractivity (Wildman–Crippen MR) is 70.2 cm³/mol. The van der Waals surface area contributed by atoms with Gasteiger partial charge in [-0.1, -0.05) is 32.9 Å². The SMILES string of the molecule is CCC(CC)(CC)NCc1cccc(O)c1O. The Hall–Kier alpha value is -1.22. The van der Waals surface area contributed by atoms with Gasteiger partial charge in [-0.05, 0) is 25.3 Å². The Morgan fingerprint density at radius 2 is 1.65 bits per heavy atom. The van der Waals surface area contributed by atoms with Crippen molar-refractivity contribution in [3.8, 4) is 11.5 Å². The highest BCUT2D eigenvalue weighted by Crippen LogP contribution is 2.29. The number of benzene rings is 1. The molecule has 0 aliphatic rings. The summed E-state index contributed by atoms with van der Waals surface area (Å²) in [6.07, 6.45) is 3.17. The maximum absolute atomic E-state index is 9.72. The minimum absolute atomic E-state index is 0.0165. The number of hydrogen-bond donors (Lipinski definition) is 3. The molecule has 0 unspecified atom stereocenters. The van der Waals surface area contributed by atoms with Crippen LogP contribution >= 0.6 is 0 Å². The third kappa shape index (κ3) is 3.13. The Balaban J connectivity index is 2.75. The van der Waals surface area contributed by atoms with Crippen molar-refractivity contribution in [3.63, 3.8) is 0 Å². The molecule has 0 aromatic heterocycles. The highest BCUT2D eigenvalue weighted by atomic mass is 16.3. The molecule has 1 aromatic rings. The van der Waals surface area contributed by atoms with Gasteiger partial charge in [-0.25, -0.2) is 0 Å². The quantitative estimate of drug-likeness (QED) is 0.666. The lowest BCUT2D eigenvalue weighted by Gasteiger charge is -2.32. The van der Waals surface area contributed by atoms with Crippen molar-refractivity contribution in [2.45, 2.75) is 52.1 Å². The predicted octanol–water partition coefficient (Wildman–Crippen LogP) is 3.16. The normalized spacial score (nSPS) is 11.7. The lowest BCUT2D eigenvalue weighted by atomic mass is 9.89. The van der Waals surface area contributed by atoms with Crippen LogP contribution in [0.2, 0.25) is 0 Å². The zero-order valence-corrected chi connectivity index (χ0v) is 11.0. The fraction of sp³-hybridized carbons (Fsp3) is 0.571. The highest BCUT2D eigenvalue weighted by molar-refractivity contribution is 5.44. The molecule has 0 aliphatic carbocycles. The van der Waals surface area contributed by atoms with Crippen molar-refractivity contribution in [2.24, 2.45) is 0 Å². The molecule has 0 aliphatic heterocycles. The highest BCUT2D eigenvalue weighted by Gasteiger charge is 2.23. The molecule has 96 valence electrons. The first-order chi connectivity index (χ1) is 8.08. The van der Waals surface area contributed by atoms with Gasteiger partial charge in [0, 0.05) is 17.6 Å². The molecule has 17 heavy (non-hydrogen) atoms. The van der Waals surface area contributed by atoms with Crippen LogP contribution in [0, 0.1) is 0 Å². The number of phenolic OH excluding ortho intramolecular Hbond substituents is 2. The van der Waals surface area contributed by atoms with E-state index >= 15 is 0 Å². The van der Waals surface area contributed by atoms with Gasteiger partial charge in [-0.15, -0.1) is 0 Å². The molecule has 0 fully saturated rings. The van der Waals surface area contributed by atoms with Crippen molar-refractivity contribution in [2.75, 3.05) is 0 Å². The van der Waals surface area contributed by atoms with Crippen LogP contribution in [0.15, 0.2) is 18.2 Å². The minimum atomic E-state index is -0.0561. The Kier molecular flexibility index (Phi) is 4.82. The standard InChI is InChI=1S/C14H23NO2/c1-4-14(5-2,6-3)15-10-11-8-7-9-12(16)13(11)17/h7-9,15-17H,4-6,10H2,1-3H3. The molecule has 3 nitrogen and oxygen atoms in total. The summed E-state index contributed by atoms with van der Waals surface area (Å²) >= 11 is 0. The molecular weight excluding hydrogens is 214 g/mol. The molecule has 3 N–H and O–H groups in total. The van der Waals surface area contributed by atoms with Crippen LogP contribution in [-0.2, 0) is 6.54 Å². The number of aromatic hydroxyl groups is 2. The van der Waals surface area contributed by atoms with E-state index in [4.69, 9.17) is 0 Å². The van der Waals surface area contributed by atoms with Crippen LogP contribution in [0.25, 0.3) is 0 Å². The lowest BCUT2D eigenvalue weighted by Crippen LogP contribution is -2.43. The molecule has 0 spiro atoms. The third-order valence-corrected chi connectivity index (χ3v) is 3.78. The van der Waals surface area contributed by atoms with Gasteiger partial charge in [0.15, 0.2) is 11.5 Å². The van der Waals surface area contributed by atoms with E-state index in [2.05, 4.69) is 26.1 Å². The summed E-state index contributed by atoms with van der Waals surface area (Å²) in [7, 11) is 0. The number of hydrogen-bond acceptors (Lipinski definition) is 3. The first kappa shape index (κ1) is 13.8. The van der Waals surface area contributed by atoms with Gasteiger partial charge in [0.1, 0.15) is 0 Å². The summed E-state index contributed by atoms with van der Waals surface area (Å²) in [5.41, 5.74) is 0.863. The van der Waals surface area contributed by atoms with Crippen molar-refractivity contribution >= 4 is 0 Å². The van der Waals surface area contributed by atoms with Crippen molar-refractivity contribution in [1.82, 2.24) is 5.32 Å². The summed E-state index contributed by atoms with van der Waals surface area (Å²) in [5.74, 6) is -0.0726. The first-order valence-corrected chi connectivity index (χ1v) is 6.33. The molecule has 0 radical (unpaired) electrons. The van der Waals surface area contributed by atoms with E-state index in [0.717, 1.165) is 24.8 Å². The second-order valence-corrected chi connectivity index (χ2v) is 4.48. The number of para-hydroxylation sites is 1. The molecule has 3 heteroatoms. The Labute approximate surface area is 103 Å². The van der Waals surface area contributed by atoms with Gasteiger partial charge in [0.05, 0.1) is 0 Å². The molecular formula is C14H23NO2. The Morgan fingerprint density at radius 3 is 2.18 bits per heavy atom. The summed E-state index contributed by atoms with van der Waals surface area (Å²) in [4.78, 5) is 0. The van der Waals surface area contributed by atoms with E-state index in [9.17, 15) is 10.2 Å². The topological polar surface area (TPSA) is 52.5 Å². The molecule has 0 amide bonds. The lowest BCUT2D eigenvalue weighted by molar-refractivity contribution is 0.285. The van der Waals surface area contributed by atoms with Crippen LogP contribution in [0.1, 0.15) is 45.6 Å². The molecule has 0 saturated heterocycles. The van der Waals surface area contributed by atoms with Crippen LogP contribution in [0.3, 0.4) is 0 Å². The monoisotopic (exact) mass is 237 g/mol. The van der Waals surface area contributed by atoms with Gasteiger partial charge >= 0.3 is 0 Å². The van der Waals surface area contributed by atoms with Crippen molar-refractivity contribution in [3.05, 3.63) is 23.8 Å². The van der Waals surface area contributed by atoms with Crippen LogP contribution < -0.4 is 5.32 Å². The average molecular weight is 237 g/mol. The zero-order chi connectivity index (χ0) is 12.9. The summed E-state index contributed by atoms with van der Waals surface area (Å²) in [5, 5.41) is 22.6. The minimum Gasteiger partial charge on any atom is -0.504 e. The van der Waals surface area contributed by atoms with E-state index in [1.807, 2.05) is 6.07 Å². The first-order valence-electron chi connectivity index (χ1n) is 6.33. The zero-order valence-electron chi connectivity index (χ0n) is 11.0. The summed E-state index contributed by atoms with van der Waals surface area (Å²) < 4.78 is 0. The smallest absolute Gasteiger partial charge is 0.161 e. The fourth-order valence-electron chi connectivity index (χ4n) is 2.13. The second-order valence-electron chi connectivity index (χ2n) is 4.48. The Morgan fingerprint density at radius 1 is 1.06 bits per heavy atom. The van der Waals surface area contributed by atoms with E-state index in [1.54, 1.807) is 6.07 Å². The van der Waals surface area contributed by atoms with E-state index in [0.29, 0.717) is 6.54 Å². The number of phenols is 2. The largest absolute Gasteiger partial charge is 0.504 e. The fourth-order valence-corrected chi connectivity index (χ4v) is 2.13. The van der Waals surface area contributed by atoms with Crippen LogP contribution in [-0.4, -0.2) is 15.8 Å². The van der Waals surface area contributed by atoms with Crippen molar-refractivity contribution in [1.29, 1.82) is 0 Å². The molecule has 1 aromatic carbocycles. The second kappa shape index (κ2) is 5.92. The van der Waals surface area contributed by atoms with Gasteiger partial charge in [-0.2, -0.15) is 0 Å². The maximum Gasteiger partial charge on any atom is 0.161 e. The molecule has 0 heterocycles. The maximum atomic E-state index is 9.72. The van der Waals surface area contributed by atoms with E-state index in [1.165, 1.54) is 6.07 Å². The molecule has 0 saturated carbocycles. The van der Waals surface area contributed by atoms with Crippen LogP contribution in [0.5, 0.6) is 11.5 Å². The summed E-state index contributed by atoms with van der Waals surface area (Å²) in [6, 6.07) is 5.07. The van der Waals surface area contributed by atoms with E-state index < -0.39 is 0 Å².